The first-order chi connectivity index (χ1) is 8.07. The molecule has 0 aliphatic carbocycles. The van der Waals surface area contributed by atoms with E-state index in [1.54, 1.807) is 0 Å². The zero-order valence-corrected chi connectivity index (χ0v) is 13.3. The van der Waals surface area contributed by atoms with Gasteiger partial charge in [0.15, 0.2) is 0 Å². The fourth-order valence-corrected chi connectivity index (χ4v) is 2.13. The highest BCUT2D eigenvalue weighted by Crippen LogP contribution is 2.04. The molecule has 0 fully saturated rings. The molecular formula is C14H34N4. The molecule has 18 heavy (non-hydrogen) atoms. The van der Waals surface area contributed by atoms with Crippen molar-refractivity contribution in [2.24, 2.45) is 11.5 Å². The van der Waals surface area contributed by atoms with Crippen LogP contribution in [0.5, 0.6) is 0 Å². The Morgan fingerprint density at radius 2 is 1.00 bits per heavy atom. The van der Waals surface area contributed by atoms with Crippen LogP contribution in [0.2, 0.25) is 0 Å². The van der Waals surface area contributed by atoms with Gasteiger partial charge in [-0.2, -0.15) is 0 Å². The maximum Gasteiger partial charge on any atom is 0.0226 e. The van der Waals surface area contributed by atoms with Crippen LogP contribution >= 0.6 is 0 Å². The molecule has 110 valence electrons. The van der Waals surface area contributed by atoms with Crippen LogP contribution in [-0.4, -0.2) is 60.1 Å². The summed E-state index contributed by atoms with van der Waals surface area (Å²) in [4.78, 5) is 4.82. The van der Waals surface area contributed by atoms with Crippen LogP contribution in [0.3, 0.4) is 0 Å². The molecule has 0 rings (SSSR count). The van der Waals surface area contributed by atoms with Crippen molar-refractivity contribution in [1.82, 2.24) is 9.80 Å². The maximum absolute atomic E-state index is 6.08. The van der Waals surface area contributed by atoms with Crippen LogP contribution in [0, 0.1) is 0 Å². The summed E-state index contributed by atoms with van der Waals surface area (Å²) in [6.07, 6.45) is 0. The molecule has 0 atom stereocenters. The van der Waals surface area contributed by atoms with Gasteiger partial charge in [0.25, 0.3) is 0 Å². The zero-order chi connectivity index (χ0) is 14.4. The van der Waals surface area contributed by atoms with E-state index in [-0.39, 0.29) is 11.1 Å². The van der Waals surface area contributed by atoms with E-state index in [9.17, 15) is 0 Å². The monoisotopic (exact) mass is 258 g/mol. The van der Waals surface area contributed by atoms with Gasteiger partial charge in [-0.1, -0.05) is 13.8 Å². The van der Waals surface area contributed by atoms with Gasteiger partial charge in [-0.15, -0.1) is 0 Å². The summed E-state index contributed by atoms with van der Waals surface area (Å²) in [5.41, 5.74) is 11.9. The van der Waals surface area contributed by atoms with Crippen molar-refractivity contribution in [2.45, 2.75) is 52.6 Å². The van der Waals surface area contributed by atoms with Gasteiger partial charge in [-0.05, 0) is 40.8 Å². The van der Waals surface area contributed by atoms with Crippen molar-refractivity contribution in [3.63, 3.8) is 0 Å². The van der Waals surface area contributed by atoms with Gasteiger partial charge in [-0.3, -0.25) is 0 Å². The van der Waals surface area contributed by atoms with Crippen molar-refractivity contribution >= 4 is 0 Å². The van der Waals surface area contributed by atoms with Crippen molar-refractivity contribution in [2.75, 3.05) is 39.3 Å². The molecule has 0 unspecified atom stereocenters. The van der Waals surface area contributed by atoms with E-state index in [4.69, 9.17) is 11.5 Å². The summed E-state index contributed by atoms with van der Waals surface area (Å²) in [6, 6.07) is 0. The summed E-state index contributed by atoms with van der Waals surface area (Å²) >= 11 is 0. The van der Waals surface area contributed by atoms with E-state index in [1.807, 2.05) is 0 Å². The van der Waals surface area contributed by atoms with Gasteiger partial charge >= 0.3 is 0 Å². The second-order valence-corrected chi connectivity index (χ2v) is 6.71. The largest absolute Gasteiger partial charge is 0.324 e. The minimum atomic E-state index is -0.125. The minimum absolute atomic E-state index is 0.125. The number of nitrogens with zero attached hydrogens (tertiary/aromatic N) is 2. The SMILES string of the molecule is CCN(CCN(CC)CC(C)(C)N)CC(C)(C)N. The van der Waals surface area contributed by atoms with Gasteiger partial charge in [0.1, 0.15) is 0 Å². The Morgan fingerprint density at radius 3 is 1.17 bits per heavy atom. The van der Waals surface area contributed by atoms with Gasteiger partial charge in [0.05, 0.1) is 0 Å². The predicted molar refractivity (Wildman–Crippen MR) is 80.8 cm³/mol. The predicted octanol–water partition coefficient (Wildman–Crippen LogP) is 1.10. The number of hydrogen-bond donors (Lipinski definition) is 2. The summed E-state index contributed by atoms with van der Waals surface area (Å²) in [5.74, 6) is 0. The summed E-state index contributed by atoms with van der Waals surface area (Å²) < 4.78 is 0. The molecule has 4 heteroatoms. The Balaban J connectivity index is 4.16. The fraction of sp³-hybridized carbons (Fsp3) is 1.00. The molecule has 0 spiro atoms. The number of rotatable bonds is 9. The minimum Gasteiger partial charge on any atom is -0.324 e. The normalized spacial score (nSPS) is 13.7. The lowest BCUT2D eigenvalue weighted by atomic mass is 10.1. The van der Waals surface area contributed by atoms with Crippen LogP contribution in [-0.2, 0) is 0 Å². The third kappa shape index (κ3) is 9.83. The van der Waals surface area contributed by atoms with Crippen LogP contribution < -0.4 is 11.5 Å². The van der Waals surface area contributed by atoms with Gasteiger partial charge in [0, 0.05) is 37.3 Å². The topological polar surface area (TPSA) is 58.5 Å². The standard InChI is InChI=1S/C14H34N4/c1-7-17(11-13(3,4)15)9-10-18(8-2)12-14(5,6)16/h7-12,15-16H2,1-6H3. The van der Waals surface area contributed by atoms with Gasteiger partial charge in [0.2, 0.25) is 0 Å². The highest BCUT2D eigenvalue weighted by atomic mass is 15.2. The van der Waals surface area contributed by atoms with E-state index in [0.717, 1.165) is 39.3 Å². The lowest BCUT2D eigenvalue weighted by Gasteiger charge is -2.33. The van der Waals surface area contributed by atoms with Crippen LogP contribution in [0.25, 0.3) is 0 Å². The quantitative estimate of drug-likeness (QED) is 0.650. The third-order valence-electron chi connectivity index (χ3n) is 2.89. The Kier molecular flexibility index (Phi) is 7.37. The number of hydrogen-bond acceptors (Lipinski definition) is 4. The fourth-order valence-electron chi connectivity index (χ4n) is 2.13. The Hall–Kier alpha value is -0.160. The molecular weight excluding hydrogens is 224 g/mol. The Morgan fingerprint density at radius 1 is 0.722 bits per heavy atom. The second kappa shape index (κ2) is 7.43. The first-order valence-electron chi connectivity index (χ1n) is 7.10. The summed E-state index contributed by atoms with van der Waals surface area (Å²) in [6.45, 7) is 18.8. The molecule has 0 aliphatic rings. The smallest absolute Gasteiger partial charge is 0.0226 e. The van der Waals surface area contributed by atoms with Crippen LogP contribution in [0.4, 0.5) is 0 Å². The Labute approximate surface area is 114 Å². The third-order valence-corrected chi connectivity index (χ3v) is 2.89. The zero-order valence-electron chi connectivity index (χ0n) is 13.3. The van der Waals surface area contributed by atoms with Crippen molar-refractivity contribution in [1.29, 1.82) is 0 Å². The van der Waals surface area contributed by atoms with Crippen molar-refractivity contribution < 1.29 is 0 Å². The first kappa shape index (κ1) is 17.8. The van der Waals surface area contributed by atoms with Gasteiger partial charge < -0.3 is 21.3 Å². The molecule has 0 heterocycles. The first-order valence-corrected chi connectivity index (χ1v) is 7.10. The van der Waals surface area contributed by atoms with E-state index < -0.39 is 0 Å². The molecule has 4 nitrogen and oxygen atoms in total. The van der Waals surface area contributed by atoms with Crippen LogP contribution in [0.1, 0.15) is 41.5 Å². The van der Waals surface area contributed by atoms with Crippen molar-refractivity contribution in [3.05, 3.63) is 0 Å². The Bertz CT molecular complexity index is 191. The van der Waals surface area contributed by atoms with E-state index in [2.05, 4.69) is 51.3 Å². The maximum atomic E-state index is 6.08. The molecule has 0 saturated heterocycles. The molecule has 0 aromatic rings. The average Bonchev–Trinajstić information content (AvgIpc) is 2.18. The molecule has 0 saturated carbocycles. The van der Waals surface area contributed by atoms with E-state index in [0.29, 0.717) is 0 Å². The number of nitrogens with two attached hydrogens (primary N) is 2. The van der Waals surface area contributed by atoms with Crippen molar-refractivity contribution in [3.8, 4) is 0 Å². The van der Waals surface area contributed by atoms with Crippen LogP contribution in [0.15, 0.2) is 0 Å². The molecule has 0 aromatic heterocycles. The molecule has 0 radical (unpaired) electrons. The molecule has 4 N–H and O–H groups in total. The second-order valence-electron chi connectivity index (χ2n) is 6.71. The average molecular weight is 258 g/mol. The molecule has 0 aliphatic heterocycles. The highest BCUT2D eigenvalue weighted by Gasteiger charge is 2.18. The lowest BCUT2D eigenvalue weighted by Crippen LogP contribution is -2.50. The molecule has 0 aromatic carbocycles. The summed E-state index contributed by atoms with van der Waals surface area (Å²) in [5, 5.41) is 0. The summed E-state index contributed by atoms with van der Waals surface area (Å²) in [7, 11) is 0. The molecule has 0 amide bonds. The lowest BCUT2D eigenvalue weighted by molar-refractivity contribution is 0.174. The van der Waals surface area contributed by atoms with E-state index >= 15 is 0 Å². The highest BCUT2D eigenvalue weighted by molar-refractivity contribution is 4.79. The number of likely N-dealkylation sites (N-methyl/N-ethyl adjacent to an activating group) is 2. The van der Waals surface area contributed by atoms with Gasteiger partial charge in [-0.25, -0.2) is 0 Å². The molecule has 0 bridgehead atoms. The van der Waals surface area contributed by atoms with E-state index in [1.165, 1.54) is 0 Å².